The Morgan fingerprint density at radius 2 is 1.78 bits per heavy atom. The van der Waals surface area contributed by atoms with Gasteiger partial charge in [0.25, 0.3) is 0 Å². The summed E-state index contributed by atoms with van der Waals surface area (Å²) in [5.41, 5.74) is 11.4. The first-order valence-corrected chi connectivity index (χ1v) is 18.8. The van der Waals surface area contributed by atoms with Crippen LogP contribution >= 0.6 is 55.1 Å². The molecule has 4 amide bonds. The Kier molecular flexibility index (Phi) is 11.3. The van der Waals surface area contributed by atoms with Crippen molar-refractivity contribution >= 4 is 89.5 Å². The van der Waals surface area contributed by atoms with Crippen LogP contribution in [0.3, 0.4) is 0 Å². The number of urea groups is 2. The maximum atomic E-state index is 14.0. The van der Waals surface area contributed by atoms with Crippen molar-refractivity contribution in [2.24, 2.45) is 0 Å². The highest BCUT2D eigenvalue weighted by Gasteiger charge is 2.33. The molecule has 1 fully saturated rings. The number of piperidine rings is 1. The van der Waals surface area contributed by atoms with Gasteiger partial charge in [-0.15, -0.1) is 0 Å². The zero-order valence-corrected chi connectivity index (χ0v) is 32.2. The van der Waals surface area contributed by atoms with Crippen molar-refractivity contribution in [1.82, 2.24) is 29.6 Å². The van der Waals surface area contributed by atoms with Crippen molar-refractivity contribution in [3.05, 3.63) is 84.5 Å². The fourth-order valence-corrected chi connectivity index (χ4v) is 8.34. The quantitative estimate of drug-likeness (QED) is 0.148. The fraction of sp³-hybridized carbons (Fsp3) is 0.400. The normalized spacial score (nSPS) is 16.1. The van der Waals surface area contributed by atoms with Gasteiger partial charge in [0.15, 0.2) is 0 Å². The smallest absolute Gasteiger partial charge is 0.322 e. The zero-order valence-electron chi connectivity index (χ0n) is 27.5. The molecule has 4 aromatic rings. The monoisotopic (exact) mass is 832 g/mol. The number of nitrogens with zero attached hydrogens (tertiary/aromatic N) is 5. The number of nitrogens with two attached hydrogens (primary N) is 1. The predicted octanol–water partition coefficient (Wildman–Crippen LogP) is 7.95. The summed E-state index contributed by atoms with van der Waals surface area (Å²) in [5, 5.41) is 7.29. The van der Waals surface area contributed by atoms with Crippen LogP contribution in [0.15, 0.2) is 57.5 Å². The summed E-state index contributed by atoms with van der Waals surface area (Å²) in [5.74, 6) is 0.722. The molecule has 14 heteroatoms. The van der Waals surface area contributed by atoms with Crippen molar-refractivity contribution in [2.75, 3.05) is 51.3 Å². The number of anilines is 2. The van der Waals surface area contributed by atoms with E-state index in [9.17, 15) is 9.59 Å². The number of carbonyl (C=O) groups is 2. The standard InChI is InChI=1S/C35H40Br2Cl2N8O2/c1-44(2)11-5-12-47-31-20-27(39)26(38)19-29(31)41-33(47)30(18-21-16-24(36)32(40)25(37)17-21)43-34(48)45-13-9-23(10-14-45)46-15-8-22-6-3-4-7-28(22)42-35(46)49/h3-4,6-7,16-17,19-20,23,30H,5,8-15,18,40H2,1-2H3,(H,42,49)(H,43,48)/t30-/m1/s1. The molecule has 0 spiro atoms. The van der Waals surface area contributed by atoms with E-state index in [-0.39, 0.29) is 18.1 Å². The molecule has 10 nitrogen and oxygen atoms in total. The Hall–Kier alpha value is -3.03. The lowest BCUT2D eigenvalue weighted by Crippen LogP contribution is -2.52. The van der Waals surface area contributed by atoms with Gasteiger partial charge in [-0.1, -0.05) is 41.4 Å². The number of nitrogens with one attached hydrogen (secondary N) is 2. The number of nitrogen functional groups attached to an aromatic ring is 1. The van der Waals surface area contributed by atoms with Gasteiger partial charge in [-0.3, -0.25) is 0 Å². The highest BCUT2D eigenvalue weighted by Crippen LogP contribution is 2.34. The minimum Gasteiger partial charge on any atom is -0.397 e. The number of hydrogen-bond donors (Lipinski definition) is 3. The lowest BCUT2D eigenvalue weighted by Gasteiger charge is -2.38. The molecule has 3 heterocycles. The lowest BCUT2D eigenvalue weighted by atomic mass is 10.0. The van der Waals surface area contributed by atoms with Gasteiger partial charge in [0.2, 0.25) is 0 Å². The third-order valence-electron chi connectivity index (χ3n) is 9.33. The number of hydrogen-bond acceptors (Lipinski definition) is 5. The SMILES string of the molecule is CN(C)CCCn1c([C@@H](Cc2cc(Br)c(N)c(Br)c2)NC(=O)N2CCC(N3CCc4ccccc4NC3=O)CC2)nc2cc(Cl)c(Cl)cc21. The van der Waals surface area contributed by atoms with Gasteiger partial charge in [-0.25, -0.2) is 14.6 Å². The van der Waals surface area contributed by atoms with Crippen molar-refractivity contribution < 1.29 is 9.59 Å². The van der Waals surface area contributed by atoms with Gasteiger partial charge in [0, 0.05) is 53.3 Å². The van der Waals surface area contributed by atoms with Gasteiger partial charge in [0.1, 0.15) is 5.82 Å². The Morgan fingerprint density at radius 1 is 1.08 bits per heavy atom. The van der Waals surface area contributed by atoms with Crippen LogP contribution in [-0.4, -0.2) is 82.6 Å². The third-order valence-corrected chi connectivity index (χ3v) is 11.4. The maximum Gasteiger partial charge on any atom is 0.322 e. The molecular weight excluding hydrogens is 795 g/mol. The highest BCUT2D eigenvalue weighted by molar-refractivity contribution is 9.11. The first-order chi connectivity index (χ1) is 23.5. The Bertz CT molecular complexity index is 1840. The van der Waals surface area contributed by atoms with E-state index in [1.54, 1.807) is 6.07 Å². The maximum absolute atomic E-state index is 14.0. The highest BCUT2D eigenvalue weighted by atomic mass is 79.9. The van der Waals surface area contributed by atoms with E-state index in [1.807, 2.05) is 60.3 Å². The Balaban J connectivity index is 1.24. The number of aromatic nitrogens is 2. The van der Waals surface area contributed by atoms with Gasteiger partial charge in [-0.05, 0) is 120 Å². The molecule has 0 unspecified atom stereocenters. The topological polar surface area (TPSA) is 112 Å². The molecule has 260 valence electrons. The first kappa shape index (κ1) is 35.8. The average molecular weight is 835 g/mol. The summed E-state index contributed by atoms with van der Waals surface area (Å²) in [7, 11) is 4.09. The van der Waals surface area contributed by atoms with Crippen LogP contribution in [0.2, 0.25) is 10.0 Å². The zero-order chi connectivity index (χ0) is 34.8. The molecule has 4 N–H and O–H groups in total. The number of fused-ring (bicyclic) bond motifs is 2. The van der Waals surface area contributed by atoms with Crippen LogP contribution < -0.4 is 16.4 Å². The number of aryl methyl sites for hydroxylation is 1. The lowest BCUT2D eigenvalue weighted by molar-refractivity contribution is 0.133. The minimum absolute atomic E-state index is 0.0500. The van der Waals surface area contributed by atoms with E-state index in [0.29, 0.717) is 66.7 Å². The largest absolute Gasteiger partial charge is 0.397 e. The molecule has 0 aliphatic carbocycles. The molecule has 2 aliphatic rings. The second-order valence-corrected chi connectivity index (χ2v) is 15.5. The molecule has 1 aromatic heterocycles. The van der Waals surface area contributed by atoms with E-state index in [1.165, 1.54) is 0 Å². The molecule has 1 atom stereocenters. The minimum atomic E-state index is -0.480. The number of benzene rings is 3. The summed E-state index contributed by atoms with van der Waals surface area (Å²) >= 11 is 20.1. The molecule has 1 saturated heterocycles. The number of halogens is 4. The van der Waals surface area contributed by atoms with Gasteiger partial charge < -0.3 is 35.6 Å². The number of imidazole rings is 1. The Labute approximate surface area is 313 Å². The molecule has 49 heavy (non-hydrogen) atoms. The summed E-state index contributed by atoms with van der Waals surface area (Å²) in [6.45, 7) is 3.27. The number of para-hydroxylation sites is 1. The van der Waals surface area contributed by atoms with Crippen LogP contribution in [0, 0.1) is 0 Å². The van der Waals surface area contributed by atoms with Crippen LogP contribution in [-0.2, 0) is 19.4 Å². The number of amides is 4. The second kappa shape index (κ2) is 15.5. The van der Waals surface area contributed by atoms with Crippen LogP contribution in [0.1, 0.15) is 42.3 Å². The Morgan fingerprint density at radius 3 is 2.49 bits per heavy atom. The van der Waals surface area contributed by atoms with Crippen LogP contribution in [0.4, 0.5) is 21.0 Å². The second-order valence-electron chi connectivity index (χ2n) is 13.0. The van der Waals surface area contributed by atoms with Crippen LogP contribution in [0.25, 0.3) is 11.0 Å². The van der Waals surface area contributed by atoms with E-state index < -0.39 is 6.04 Å². The summed E-state index contributed by atoms with van der Waals surface area (Å²) in [6.07, 6.45) is 3.51. The molecular formula is C35H40Br2Cl2N8O2. The first-order valence-electron chi connectivity index (χ1n) is 16.4. The van der Waals surface area contributed by atoms with Crippen molar-refractivity contribution in [3.63, 3.8) is 0 Å². The van der Waals surface area contributed by atoms with Gasteiger partial charge in [-0.2, -0.15) is 0 Å². The molecule has 6 rings (SSSR count). The van der Waals surface area contributed by atoms with E-state index in [2.05, 4.69) is 58.0 Å². The summed E-state index contributed by atoms with van der Waals surface area (Å²) < 4.78 is 3.68. The molecule has 3 aromatic carbocycles. The van der Waals surface area contributed by atoms with Crippen molar-refractivity contribution in [3.8, 4) is 0 Å². The summed E-state index contributed by atoms with van der Waals surface area (Å²) in [6, 6.07) is 14.8. The average Bonchev–Trinajstić information content (AvgIpc) is 3.30. The molecule has 2 aliphatic heterocycles. The number of carbonyl (C=O) groups excluding carboxylic acids is 2. The summed E-state index contributed by atoms with van der Waals surface area (Å²) in [4.78, 5) is 38.2. The predicted molar refractivity (Wildman–Crippen MR) is 205 cm³/mol. The molecule has 0 saturated carbocycles. The van der Waals surface area contributed by atoms with E-state index in [4.69, 9.17) is 33.9 Å². The van der Waals surface area contributed by atoms with Crippen LogP contribution in [0.5, 0.6) is 0 Å². The van der Waals surface area contributed by atoms with Crippen molar-refractivity contribution in [2.45, 2.75) is 50.7 Å². The molecule has 0 bridgehead atoms. The van der Waals surface area contributed by atoms with Crippen molar-refractivity contribution in [1.29, 1.82) is 0 Å². The third kappa shape index (κ3) is 8.14. The van der Waals surface area contributed by atoms with Gasteiger partial charge in [0.05, 0.1) is 32.8 Å². The van der Waals surface area contributed by atoms with Gasteiger partial charge >= 0.3 is 12.1 Å². The number of rotatable bonds is 9. The molecule has 0 radical (unpaired) electrons. The van der Waals surface area contributed by atoms with E-state index in [0.717, 1.165) is 56.5 Å². The fourth-order valence-electron chi connectivity index (χ4n) is 6.74. The van der Waals surface area contributed by atoms with E-state index >= 15 is 0 Å². The number of likely N-dealkylation sites (tertiary alicyclic amines) is 1.